The summed E-state index contributed by atoms with van der Waals surface area (Å²) in [6.45, 7) is 4.29. The van der Waals surface area contributed by atoms with Gasteiger partial charge in [-0.3, -0.25) is 9.59 Å². The lowest BCUT2D eigenvalue weighted by molar-refractivity contribution is 0.0941. The maximum absolute atomic E-state index is 12.2. The van der Waals surface area contributed by atoms with Crippen LogP contribution in [-0.2, 0) is 20.0 Å². The number of hydrogen-bond acceptors (Lipinski definition) is 4. The number of aromatic nitrogens is 2. The molecule has 0 radical (unpaired) electrons. The predicted octanol–water partition coefficient (Wildman–Crippen LogP) is 2.03. The molecule has 6 heteroatoms. The van der Waals surface area contributed by atoms with E-state index >= 15 is 0 Å². The topological polar surface area (TPSA) is 64.0 Å². The van der Waals surface area contributed by atoms with Crippen LogP contribution in [0.5, 0.6) is 0 Å². The molecule has 0 unspecified atom stereocenters. The zero-order chi connectivity index (χ0) is 15.4. The molecule has 1 N–H and O–H groups in total. The number of nitrogens with zero attached hydrogens (tertiary/aromatic N) is 2. The van der Waals surface area contributed by atoms with Crippen molar-refractivity contribution in [1.82, 2.24) is 14.9 Å². The van der Waals surface area contributed by atoms with E-state index < -0.39 is 0 Å². The van der Waals surface area contributed by atoms with Gasteiger partial charge in [-0.15, -0.1) is 11.3 Å². The SMILES string of the molecule is CCCc1nc(CNC(=O)c2cc(=O)cc(C)n2C)cs1. The Hall–Kier alpha value is -1.95. The van der Waals surface area contributed by atoms with Crippen molar-refractivity contribution in [3.05, 3.63) is 49.8 Å². The molecule has 2 aromatic rings. The van der Waals surface area contributed by atoms with E-state index in [9.17, 15) is 9.59 Å². The standard InChI is InChI=1S/C15H19N3O2S/c1-4-5-14-17-11(9-21-14)8-16-15(20)13-7-12(19)6-10(2)18(13)3/h6-7,9H,4-5,8H2,1-3H3,(H,16,20). The second-order valence-corrected chi connectivity index (χ2v) is 5.88. The van der Waals surface area contributed by atoms with Crippen LogP contribution < -0.4 is 10.7 Å². The van der Waals surface area contributed by atoms with Crippen molar-refractivity contribution in [3.63, 3.8) is 0 Å². The van der Waals surface area contributed by atoms with Crippen LogP contribution in [0.4, 0.5) is 0 Å². The van der Waals surface area contributed by atoms with Crippen LogP contribution in [0.1, 0.15) is 40.2 Å². The first kappa shape index (κ1) is 15.4. The van der Waals surface area contributed by atoms with E-state index in [1.165, 1.54) is 12.1 Å². The van der Waals surface area contributed by atoms with E-state index in [4.69, 9.17) is 0 Å². The number of pyridine rings is 1. The van der Waals surface area contributed by atoms with Gasteiger partial charge in [0.05, 0.1) is 17.2 Å². The summed E-state index contributed by atoms with van der Waals surface area (Å²) in [6, 6.07) is 2.86. The molecule has 0 bridgehead atoms. The van der Waals surface area contributed by atoms with Gasteiger partial charge in [0, 0.05) is 30.3 Å². The molecule has 0 aliphatic carbocycles. The van der Waals surface area contributed by atoms with E-state index in [1.807, 2.05) is 5.38 Å². The van der Waals surface area contributed by atoms with E-state index in [1.54, 1.807) is 29.9 Å². The minimum Gasteiger partial charge on any atom is -0.345 e. The van der Waals surface area contributed by atoms with Gasteiger partial charge in [0.15, 0.2) is 5.43 Å². The Morgan fingerprint density at radius 1 is 1.43 bits per heavy atom. The Balaban J connectivity index is 2.06. The average Bonchev–Trinajstić information content (AvgIpc) is 2.88. The first-order chi connectivity index (χ1) is 10.0. The van der Waals surface area contributed by atoms with Crippen molar-refractivity contribution in [1.29, 1.82) is 0 Å². The summed E-state index contributed by atoms with van der Waals surface area (Å²) in [5, 5.41) is 5.86. The molecule has 0 spiro atoms. The summed E-state index contributed by atoms with van der Waals surface area (Å²) in [7, 11) is 1.77. The fourth-order valence-corrected chi connectivity index (χ4v) is 2.90. The normalized spacial score (nSPS) is 10.6. The number of thiazole rings is 1. The molecule has 0 saturated heterocycles. The molecule has 2 rings (SSSR count). The Morgan fingerprint density at radius 3 is 2.90 bits per heavy atom. The molecule has 0 atom stereocenters. The quantitative estimate of drug-likeness (QED) is 0.919. The van der Waals surface area contributed by atoms with Gasteiger partial charge >= 0.3 is 0 Å². The number of hydrogen-bond donors (Lipinski definition) is 1. The van der Waals surface area contributed by atoms with Crippen molar-refractivity contribution in [3.8, 4) is 0 Å². The summed E-state index contributed by atoms with van der Waals surface area (Å²) < 4.78 is 1.71. The molecule has 0 aliphatic rings. The van der Waals surface area contributed by atoms with Gasteiger partial charge in [0.2, 0.25) is 0 Å². The van der Waals surface area contributed by atoms with Crippen LogP contribution in [0.2, 0.25) is 0 Å². The molecule has 112 valence electrons. The fourth-order valence-electron chi connectivity index (χ4n) is 2.00. The summed E-state index contributed by atoms with van der Waals surface area (Å²) in [4.78, 5) is 28.2. The highest BCUT2D eigenvalue weighted by Crippen LogP contribution is 2.11. The molecule has 0 aromatic carbocycles. The molecule has 0 fully saturated rings. The van der Waals surface area contributed by atoms with E-state index in [2.05, 4.69) is 17.2 Å². The van der Waals surface area contributed by atoms with Crippen LogP contribution >= 0.6 is 11.3 Å². The highest BCUT2D eigenvalue weighted by molar-refractivity contribution is 7.09. The summed E-state index contributed by atoms with van der Waals surface area (Å²) >= 11 is 1.61. The highest BCUT2D eigenvalue weighted by Gasteiger charge is 2.11. The number of carbonyl (C=O) groups is 1. The molecule has 2 aromatic heterocycles. The van der Waals surface area contributed by atoms with Gasteiger partial charge in [-0.1, -0.05) is 6.92 Å². The molecule has 2 heterocycles. The molecule has 0 saturated carbocycles. The van der Waals surface area contributed by atoms with Gasteiger partial charge in [-0.05, 0) is 19.8 Å². The van der Waals surface area contributed by atoms with E-state index in [0.29, 0.717) is 12.2 Å². The monoisotopic (exact) mass is 305 g/mol. The Bertz CT molecular complexity index is 703. The third kappa shape index (κ3) is 3.78. The number of rotatable bonds is 5. The van der Waals surface area contributed by atoms with Crippen molar-refractivity contribution < 1.29 is 4.79 Å². The van der Waals surface area contributed by atoms with Crippen molar-refractivity contribution in [2.45, 2.75) is 33.2 Å². The maximum Gasteiger partial charge on any atom is 0.268 e. The summed E-state index contributed by atoms with van der Waals surface area (Å²) in [6.07, 6.45) is 2.02. The molecule has 1 amide bonds. The van der Waals surface area contributed by atoms with Gasteiger partial charge in [-0.2, -0.15) is 0 Å². The average molecular weight is 305 g/mol. The van der Waals surface area contributed by atoms with Crippen LogP contribution in [0.15, 0.2) is 22.3 Å². The maximum atomic E-state index is 12.2. The van der Waals surface area contributed by atoms with Gasteiger partial charge in [0.25, 0.3) is 5.91 Å². The van der Waals surface area contributed by atoms with E-state index in [-0.39, 0.29) is 11.3 Å². The lowest BCUT2D eigenvalue weighted by Crippen LogP contribution is -2.28. The largest absolute Gasteiger partial charge is 0.345 e. The molecule has 5 nitrogen and oxygen atoms in total. The minimum absolute atomic E-state index is 0.158. The van der Waals surface area contributed by atoms with Crippen LogP contribution in [0.25, 0.3) is 0 Å². The minimum atomic E-state index is -0.261. The predicted molar refractivity (Wildman–Crippen MR) is 83.7 cm³/mol. The number of nitrogens with one attached hydrogen (secondary N) is 1. The highest BCUT2D eigenvalue weighted by atomic mass is 32.1. The fraction of sp³-hybridized carbons (Fsp3) is 0.400. The third-order valence-corrected chi connectivity index (χ3v) is 4.20. The number of carbonyl (C=O) groups excluding carboxylic acids is 1. The van der Waals surface area contributed by atoms with E-state index in [0.717, 1.165) is 29.2 Å². The molecular formula is C15H19N3O2S. The zero-order valence-corrected chi connectivity index (χ0v) is 13.3. The Labute approximate surface area is 127 Å². The Kier molecular flexibility index (Phi) is 4.90. The van der Waals surface area contributed by atoms with Gasteiger partial charge in [-0.25, -0.2) is 4.98 Å². The molecule has 0 aliphatic heterocycles. The number of amides is 1. The van der Waals surface area contributed by atoms with Gasteiger partial charge < -0.3 is 9.88 Å². The first-order valence-corrected chi connectivity index (χ1v) is 7.78. The second kappa shape index (κ2) is 6.67. The molecule has 21 heavy (non-hydrogen) atoms. The van der Waals surface area contributed by atoms with Crippen molar-refractivity contribution >= 4 is 17.2 Å². The summed E-state index contributed by atoms with van der Waals surface area (Å²) in [5.74, 6) is -0.261. The van der Waals surface area contributed by atoms with Gasteiger partial charge in [0.1, 0.15) is 5.69 Å². The zero-order valence-electron chi connectivity index (χ0n) is 12.5. The first-order valence-electron chi connectivity index (χ1n) is 6.90. The van der Waals surface area contributed by atoms with Crippen LogP contribution in [0, 0.1) is 6.92 Å². The molecular weight excluding hydrogens is 286 g/mol. The number of aryl methyl sites for hydroxylation is 2. The summed E-state index contributed by atoms with van der Waals surface area (Å²) in [5.41, 5.74) is 1.82. The lowest BCUT2D eigenvalue weighted by atomic mass is 10.2. The lowest BCUT2D eigenvalue weighted by Gasteiger charge is -2.11. The smallest absolute Gasteiger partial charge is 0.268 e. The van der Waals surface area contributed by atoms with Crippen LogP contribution in [0.3, 0.4) is 0 Å². The van der Waals surface area contributed by atoms with Crippen molar-refractivity contribution in [2.75, 3.05) is 0 Å². The van der Waals surface area contributed by atoms with Crippen molar-refractivity contribution in [2.24, 2.45) is 7.05 Å². The second-order valence-electron chi connectivity index (χ2n) is 4.94. The van der Waals surface area contributed by atoms with Crippen LogP contribution in [-0.4, -0.2) is 15.5 Å². The Morgan fingerprint density at radius 2 is 2.19 bits per heavy atom. The third-order valence-electron chi connectivity index (χ3n) is 3.25.